The van der Waals surface area contributed by atoms with Gasteiger partial charge in [-0.3, -0.25) is 4.79 Å². The van der Waals surface area contributed by atoms with E-state index in [-0.39, 0.29) is 0 Å². The second-order valence-electron chi connectivity index (χ2n) is 4.56. The minimum atomic E-state index is 0.402. The summed E-state index contributed by atoms with van der Waals surface area (Å²) in [6.07, 6.45) is 7.80. The molecule has 2 atom stereocenters. The van der Waals surface area contributed by atoms with Gasteiger partial charge in [-0.05, 0) is 36.3 Å². The van der Waals surface area contributed by atoms with Gasteiger partial charge in [-0.2, -0.15) is 0 Å². The fourth-order valence-electron chi connectivity index (χ4n) is 3.01. The summed E-state index contributed by atoms with van der Waals surface area (Å²) in [7, 11) is 0. The van der Waals surface area contributed by atoms with Crippen LogP contribution in [0.3, 0.4) is 0 Å². The number of furan rings is 1. The van der Waals surface area contributed by atoms with Gasteiger partial charge in [0, 0.05) is 12.3 Å². The average Bonchev–Trinajstić information content (AvgIpc) is 2.63. The molecule has 2 aliphatic rings. The van der Waals surface area contributed by atoms with Crippen molar-refractivity contribution in [3.63, 3.8) is 0 Å². The second kappa shape index (κ2) is 2.97. The minimum Gasteiger partial charge on any atom is -0.472 e. The summed E-state index contributed by atoms with van der Waals surface area (Å²) in [6.45, 7) is 0. The number of carbonyl (C=O) groups excluding carboxylic acids is 1. The predicted octanol–water partition coefficient (Wildman–Crippen LogP) is 2.44. The number of ketones is 1. The van der Waals surface area contributed by atoms with Gasteiger partial charge in [0.15, 0.2) is 0 Å². The van der Waals surface area contributed by atoms with E-state index in [1.807, 2.05) is 6.07 Å². The first kappa shape index (κ1) is 8.27. The highest BCUT2D eigenvalue weighted by Gasteiger charge is 2.55. The molecule has 2 aliphatic carbocycles. The average molecular weight is 190 g/mol. The molecule has 0 amide bonds. The van der Waals surface area contributed by atoms with Crippen LogP contribution < -0.4 is 0 Å². The third-order valence-corrected chi connectivity index (χ3v) is 3.74. The van der Waals surface area contributed by atoms with Crippen LogP contribution in [0.25, 0.3) is 0 Å². The third kappa shape index (κ3) is 1.21. The highest BCUT2D eigenvalue weighted by molar-refractivity contribution is 5.86. The van der Waals surface area contributed by atoms with Crippen molar-refractivity contribution in [2.45, 2.75) is 25.7 Å². The van der Waals surface area contributed by atoms with Gasteiger partial charge in [0.1, 0.15) is 5.78 Å². The van der Waals surface area contributed by atoms with E-state index < -0.39 is 0 Å². The Balaban J connectivity index is 1.62. The second-order valence-corrected chi connectivity index (χ2v) is 4.56. The molecule has 2 saturated carbocycles. The molecule has 0 aliphatic heterocycles. The van der Waals surface area contributed by atoms with Gasteiger partial charge < -0.3 is 4.42 Å². The van der Waals surface area contributed by atoms with Gasteiger partial charge in [0.05, 0.1) is 12.5 Å². The minimum absolute atomic E-state index is 0.402. The van der Waals surface area contributed by atoms with Crippen LogP contribution in [0.2, 0.25) is 0 Å². The van der Waals surface area contributed by atoms with Crippen LogP contribution in [0.4, 0.5) is 0 Å². The summed E-state index contributed by atoms with van der Waals surface area (Å²) in [5, 5.41) is 0. The molecule has 1 aromatic rings. The van der Waals surface area contributed by atoms with E-state index in [2.05, 4.69) is 0 Å². The molecule has 2 unspecified atom stereocenters. The molecule has 2 heteroatoms. The van der Waals surface area contributed by atoms with Crippen molar-refractivity contribution in [2.24, 2.45) is 17.8 Å². The van der Waals surface area contributed by atoms with Crippen LogP contribution in [-0.4, -0.2) is 5.78 Å². The van der Waals surface area contributed by atoms with Gasteiger partial charge in [0.25, 0.3) is 0 Å². The van der Waals surface area contributed by atoms with Crippen LogP contribution in [-0.2, 0) is 11.2 Å². The molecular formula is C12H14O2. The fourth-order valence-corrected chi connectivity index (χ4v) is 3.01. The Morgan fingerprint density at radius 2 is 2.21 bits per heavy atom. The monoisotopic (exact) mass is 190 g/mol. The van der Waals surface area contributed by atoms with Crippen molar-refractivity contribution >= 4 is 5.78 Å². The van der Waals surface area contributed by atoms with Crippen LogP contribution in [0.15, 0.2) is 23.0 Å². The summed E-state index contributed by atoms with van der Waals surface area (Å²) in [5.74, 6) is 2.32. The maximum atomic E-state index is 11.8. The van der Waals surface area contributed by atoms with Crippen molar-refractivity contribution in [1.29, 1.82) is 0 Å². The molecule has 0 radical (unpaired) electrons. The molecule has 2 fully saturated rings. The number of rotatable bonds is 3. The van der Waals surface area contributed by atoms with E-state index in [0.717, 1.165) is 17.4 Å². The van der Waals surface area contributed by atoms with Crippen LogP contribution in [0.1, 0.15) is 24.8 Å². The lowest BCUT2D eigenvalue weighted by molar-refractivity contribution is -0.120. The van der Waals surface area contributed by atoms with E-state index in [1.165, 1.54) is 19.3 Å². The third-order valence-electron chi connectivity index (χ3n) is 3.74. The lowest BCUT2D eigenvalue weighted by atomic mass is 10.0. The number of carbonyl (C=O) groups is 1. The lowest BCUT2D eigenvalue weighted by Gasteiger charge is -2.00. The van der Waals surface area contributed by atoms with Crippen molar-refractivity contribution < 1.29 is 9.21 Å². The molecule has 3 rings (SSSR count). The maximum absolute atomic E-state index is 11.8. The molecule has 0 saturated heterocycles. The zero-order valence-electron chi connectivity index (χ0n) is 8.11. The first-order valence-electron chi connectivity index (χ1n) is 5.40. The van der Waals surface area contributed by atoms with Crippen molar-refractivity contribution in [1.82, 2.24) is 0 Å². The van der Waals surface area contributed by atoms with E-state index in [1.54, 1.807) is 12.5 Å². The standard InChI is InChI=1S/C12H14O2/c13-11(6-8-4-5-14-7-8)12-9-2-1-3-10(9)12/h4-5,7,9-10,12H,1-3,6H2. The fraction of sp³-hybridized carbons (Fsp3) is 0.583. The number of fused-ring (bicyclic) bond motifs is 1. The highest BCUT2D eigenvalue weighted by Crippen LogP contribution is 2.58. The molecule has 1 aromatic heterocycles. The highest BCUT2D eigenvalue weighted by atomic mass is 16.3. The van der Waals surface area contributed by atoms with Crippen molar-refractivity contribution in [3.05, 3.63) is 24.2 Å². The Labute approximate surface area is 83.3 Å². The zero-order chi connectivity index (χ0) is 9.54. The quantitative estimate of drug-likeness (QED) is 0.732. The largest absolute Gasteiger partial charge is 0.472 e. The molecule has 0 spiro atoms. The lowest BCUT2D eigenvalue weighted by Crippen LogP contribution is -2.08. The Hall–Kier alpha value is -1.05. The first-order chi connectivity index (χ1) is 6.86. The van der Waals surface area contributed by atoms with E-state index in [0.29, 0.717) is 18.1 Å². The molecule has 1 heterocycles. The van der Waals surface area contributed by atoms with Gasteiger partial charge >= 0.3 is 0 Å². The summed E-state index contributed by atoms with van der Waals surface area (Å²) >= 11 is 0. The van der Waals surface area contributed by atoms with Crippen molar-refractivity contribution in [3.8, 4) is 0 Å². The van der Waals surface area contributed by atoms with Crippen LogP contribution >= 0.6 is 0 Å². The predicted molar refractivity (Wildman–Crippen MR) is 51.7 cm³/mol. The Morgan fingerprint density at radius 1 is 1.43 bits per heavy atom. The topological polar surface area (TPSA) is 30.2 Å². The van der Waals surface area contributed by atoms with E-state index in [4.69, 9.17) is 4.42 Å². The molecule has 0 bridgehead atoms. The molecule has 0 aromatic carbocycles. The Kier molecular flexibility index (Phi) is 1.76. The smallest absolute Gasteiger partial charge is 0.141 e. The Bertz CT molecular complexity index is 329. The summed E-state index contributed by atoms with van der Waals surface area (Å²) in [4.78, 5) is 11.8. The van der Waals surface area contributed by atoms with E-state index in [9.17, 15) is 4.79 Å². The Morgan fingerprint density at radius 3 is 2.86 bits per heavy atom. The molecule has 74 valence electrons. The van der Waals surface area contributed by atoms with Crippen molar-refractivity contribution in [2.75, 3.05) is 0 Å². The molecule has 2 nitrogen and oxygen atoms in total. The summed E-state index contributed by atoms with van der Waals surface area (Å²) < 4.78 is 4.96. The van der Waals surface area contributed by atoms with E-state index >= 15 is 0 Å². The number of hydrogen-bond acceptors (Lipinski definition) is 2. The zero-order valence-corrected chi connectivity index (χ0v) is 8.11. The number of Topliss-reactive ketones (excluding diaryl/α,β-unsaturated/α-hetero) is 1. The van der Waals surface area contributed by atoms with Gasteiger partial charge in [-0.1, -0.05) is 6.42 Å². The molecule has 14 heavy (non-hydrogen) atoms. The molecular weight excluding hydrogens is 176 g/mol. The summed E-state index contributed by atoms with van der Waals surface area (Å²) in [5.41, 5.74) is 1.03. The number of hydrogen-bond donors (Lipinski definition) is 0. The van der Waals surface area contributed by atoms with Crippen LogP contribution in [0, 0.1) is 17.8 Å². The normalized spacial score (nSPS) is 34.1. The maximum Gasteiger partial charge on any atom is 0.141 e. The first-order valence-corrected chi connectivity index (χ1v) is 5.40. The molecule has 0 N–H and O–H groups in total. The SMILES string of the molecule is O=C(Cc1ccoc1)C1C2CCCC21. The summed E-state index contributed by atoms with van der Waals surface area (Å²) in [6, 6.07) is 1.88. The van der Waals surface area contributed by atoms with Gasteiger partial charge in [0.2, 0.25) is 0 Å². The van der Waals surface area contributed by atoms with Gasteiger partial charge in [-0.15, -0.1) is 0 Å². The van der Waals surface area contributed by atoms with Gasteiger partial charge in [-0.25, -0.2) is 0 Å². The van der Waals surface area contributed by atoms with Crippen LogP contribution in [0.5, 0.6) is 0 Å².